The maximum absolute atomic E-state index is 12.0. The van der Waals surface area contributed by atoms with Crippen molar-refractivity contribution >= 4 is 27.7 Å². The molecule has 28 heavy (non-hydrogen) atoms. The molecule has 0 bridgehead atoms. The first-order valence-corrected chi connectivity index (χ1v) is 10.2. The summed E-state index contributed by atoms with van der Waals surface area (Å²) in [5.74, 6) is 6.64. The molecule has 0 amide bonds. The number of hydrogen-bond donors (Lipinski definition) is 2. The quantitative estimate of drug-likeness (QED) is 0.376. The van der Waals surface area contributed by atoms with Crippen LogP contribution in [0.1, 0.15) is 25.3 Å². The molecule has 3 rings (SSSR count). The number of ether oxygens (including phenoxy) is 1. The van der Waals surface area contributed by atoms with Gasteiger partial charge >= 0.3 is 0 Å². The molecule has 6 nitrogen and oxygen atoms in total. The molecule has 0 aliphatic rings. The Kier molecular flexibility index (Phi) is 7.39. The van der Waals surface area contributed by atoms with Gasteiger partial charge in [0, 0.05) is 16.6 Å². The minimum atomic E-state index is -1.61. The van der Waals surface area contributed by atoms with Gasteiger partial charge in [-0.1, -0.05) is 49.7 Å². The number of benzene rings is 3. The van der Waals surface area contributed by atoms with E-state index in [4.69, 9.17) is 19.7 Å². The summed E-state index contributed by atoms with van der Waals surface area (Å²) in [6, 6.07) is 19.3. The molecule has 3 N–H and O–H groups in total. The highest BCUT2D eigenvalue weighted by Crippen LogP contribution is 2.33. The number of hydrogen-bond acceptors (Lipinski definition) is 5. The van der Waals surface area contributed by atoms with Crippen molar-refractivity contribution < 1.29 is 18.0 Å². The first kappa shape index (κ1) is 20.3. The van der Waals surface area contributed by atoms with Crippen LogP contribution < -0.4 is 15.4 Å². The van der Waals surface area contributed by atoms with Gasteiger partial charge in [-0.25, -0.2) is 10.1 Å². The second-order valence-corrected chi connectivity index (χ2v) is 7.13. The van der Waals surface area contributed by atoms with Crippen LogP contribution in [0.5, 0.6) is 11.5 Å². The summed E-state index contributed by atoms with van der Waals surface area (Å²) in [6.07, 6.45) is 1.84. The lowest BCUT2D eigenvalue weighted by Crippen LogP contribution is -2.10. The van der Waals surface area contributed by atoms with Gasteiger partial charge in [0.05, 0.1) is 13.2 Å². The number of nitrogens with one attached hydrogen (secondary N) is 1. The Bertz CT molecular complexity index is 943. The van der Waals surface area contributed by atoms with Crippen LogP contribution in [0.15, 0.2) is 60.7 Å². The molecular weight excluding hydrogens is 376 g/mol. The van der Waals surface area contributed by atoms with Gasteiger partial charge in [-0.05, 0) is 36.1 Å². The van der Waals surface area contributed by atoms with E-state index in [-0.39, 0.29) is 6.61 Å². The molecule has 1 unspecified atom stereocenters. The van der Waals surface area contributed by atoms with Crippen LogP contribution in [0.3, 0.4) is 0 Å². The summed E-state index contributed by atoms with van der Waals surface area (Å²) in [6.45, 7) is 2.64. The zero-order valence-corrected chi connectivity index (χ0v) is 16.5. The molecule has 7 heteroatoms. The average Bonchev–Trinajstić information content (AvgIpc) is 2.70. The van der Waals surface area contributed by atoms with Crippen molar-refractivity contribution in [2.45, 2.75) is 26.4 Å². The second-order valence-electron chi connectivity index (χ2n) is 6.23. The van der Waals surface area contributed by atoms with Gasteiger partial charge in [-0.3, -0.25) is 13.7 Å². The van der Waals surface area contributed by atoms with Crippen molar-refractivity contribution in [3.05, 3.63) is 66.2 Å². The Morgan fingerprint density at radius 1 is 1.04 bits per heavy atom. The molecular formula is C21H24N2O4S. The third kappa shape index (κ3) is 5.30. The van der Waals surface area contributed by atoms with Crippen LogP contribution in [-0.4, -0.2) is 10.8 Å². The minimum absolute atomic E-state index is 0.152. The molecule has 1 atom stereocenters. The van der Waals surface area contributed by atoms with E-state index in [1.54, 1.807) is 18.2 Å². The van der Waals surface area contributed by atoms with Crippen molar-refractivity contribution in [3.8, 4) is 11.5 Å². The third-order valence-corrected chi connectivity index (χ3v) is 4.94. The predicted octanol–water partition coefficient (Wildman–Crippen LogP) is 4.83. The van der Waals surface area contributed by atoms with Gasteiger partial charge in [0.25, 0.3) is 11.3 Å². The Balaban J connectivity index is 1.80. The molecule has 0 fully saturated rings. The van der Waals surface area contributed by atoms with Crippen LogP contribution in [0.2, 0.25) is 0 Å². The third-order valence-electron chi connectivity index (χ3n) is 4.16. The van der Waals surface area contributed by atoms with Crippen LogP contribution in [0.25, 0.3) is 10.8 Å². The summed E-state index contributed by atoms with van der Waals surface area (Å²) in [4.78, 5) is 4.82. The van der Waals surface area contributed by atoms with E-state index in [9.17, 15) is 4.21 Å². The molecule has 3 aromatic carbocycles. The molecule has 0 aromatic heterocycles. The van der Waals surface area contributed by atoms with E-state index < -0.39 is 11.3 Å². The molecule has 3 aromatic rings. The SMILES string of the molecule is CCCCOS(=O)Nc1ccc(Oc2cccc3ccccc23)c(CON)c1. The number of anilines is 1. The van der Waals surface area contributed by atoms with Crippen molar-refractivity contribution in [2.75, 3.05) is 11.3 Å². The molecule has 0 heterocycles. The number of fused-ring (bicyclic) bond motifs is 1. The Hall–Kier alpha value is -2.45. The number of rotatable bonds is 10. The molecule has 0 spiro atoms. The summed E-state index contributed by atoms with van der Waals surface area (Å²) in [5, 5.41) is 2.10. The number of unbranched alkanes of at least 4 members (excludes halogenated alkanes) is 1. The summed E-state index contributed by atoms with van der Waals surface area (Å²) in [5.41, 5.74) is 1.36. The minimum Gasteiger partial charge on any atom is -0.456 e. The highest BCUT2D eigenvalue weighted by atomic mass is 32.2. The van der Waals surface area contributed by atoms with Gasteiger partial charge in [-0.15, -0.1) is 0 Å². The fourth-order valence-corrected chi connectivity index (χ4v) is 3.40. The fraction of sp³-hybridized carbons (Fsp3) is 0.238. The molecule has 0 aliphatic carbocycles. The van der Waals surface area contributed by atoms with Crippen LogP contribution >= 0.6 is 0 Å². The lowest BCUT2D eigenvalue weighted by Gasteiger charge is -2.14. The largest absolute Gasteiger partial charge is 0.456 e. The van der Waals surface area contributed by atoms with Crippen LogP contribution in [-0.2, 0) is 26.9 Å². The van der Waals surface area contributed by atoms with E-state index in [1.807, 2.05) is 49.4 Å². The topological polar surface area (TPSA) is 82.8 Å². The van der Waals surface area contributed by atoms with Gasteiger partial charge in [-0.2, -0.15) is 0 Å². The maximum Gasteiger partial charge on any atom is 0.261 e. The predicted molar refractivity (Wildman–Crippen MR) is 112 cm³/mol. The first-order chi connectivity index (χ1) is 13.7. The van der Waals surface area contributed by atoms with Crippen molar-refractivity contribution in [3.63, 3.8) is 0 Å². The Labute approximate surface area is 167 Å². The first-order valence-electron chi connectivity index (χ1n) is 9.13. The lowest BCUT2D eigenvalue weighted by atomic mass is 10.1. The highest BCUT2D eigenvalue weighted by Gasteiger charge is 2.10. The Morgan fingerprint density at radius 2 is 1.86 bits per heavy atom. The lowest BCUT2D eigenvalue weighted by molar-refractivity contribution is 0.122. The maximum atomic E-state index is 12.0. The zero-order valence-electron chi connectivity index (χ0n) is 15.7. The van der Waals surface area contributed by atoms with Crippen LogP contribution in [0, 0.1) is 0 Å². The van der Waals surface area contributed by atoms with E-state index >= 15 is 0 Å². The van der Waals surface area contributed by atoms with E-state index in [0.717, 1.165) is 34.9 Å². The van der Waals surface area contributed by atoms with Gasteiger partial charge < -0.3 is 4.74 Å². The monoisotopic (exact) mass is 400 g/mol. The van der Waals surface area contributed by atoms with Crippen molar-refractivity contribution in [1.29, 1.82) is 0 Å². The standard InChI is InChI=1S/C21H24N2O4S/c1-2-3-13-26-28(24)23-18-11-12-20(17(14-18)15-25-22)27-21-10-6-8-16-7-4-5-9-19(16)21/h4-12,14,23H,2-3,13,15,22H2,1H3. The highest BCUT2D eigenvalue weighted by molar-refractivity contribution is 7.81. The molecule has 0 saturated carbocycles. The van der Waals surface area contributed by atoms with Gasteiger partial charge in [0.15, 0.2) is 0 Å². The fourth-order valence-electron chi connectivity index (χ4n) is 2.75. The smallest absolute Gasteiger partial charge is 0.261 e. The molecule has 0 saturated heterocycles. The van der Waals surface area contributed by atoms with Gasteiger partial charge in [0.2, 0.25) is 0 Å². The van der Waals surface area contributed by atoms with Gasteiger partial charge in [0.1, 0.15) is 11.5 Å². The van der Waals surface area contributed by atoms with E-state index in [0.29, 0.717) is 18.0 Å². The number of nitrogens with two attached hydrogens (primary N) is 1. The van der Waals surface area contributed by atoms with E-state index in [2.05, 4.69) is 4.72 Å². The van der Waals surface area contributed by atoms with Crippen molar-refractivity contribution in [1.82, 2.24) is 0 Å². The second kappa shape index (κ2) is 10.2. The Morgan fingerprint density at radius 3 is 2.68 bits per heavy atom. The molecule has 0 radical (unpaired) electrons. The van der Waals surface area contributed by atoms with E-state index in [1.165, 1.54) is 0 Å². The summed E-state index contributed by atoms with van der Waals surface area (Å²) < 4.78 is 26.2. The van der Waals surface area contributed by atoms with Crippen LogP contribution in [0.4, 0.5) is 5.69 Å². The molecule has 0 aliphatic heterocycles. The normalized spacial score (nSPS) is 12.1. The van der Waals surface area contributed by atoms with Crippen molar-refractivity contribution in [2.24, 2.45) is 5.90 Å². The summed E-state index contributed by atoms with van der Waals surface area (Å²) in [7, 11) is 0. The molecule has 148 valence electrons. The average molecular weight is 401 g/mol. The zero-order chi connectivity index (χ0) is 19.8. The summed E-state index contributed by atoms with van der Waals surface area (Å²) >= 11 is -1.61.